The number of hydrogen-bond donors (Lipinski definition) is 2. The molecule has 1 aliphatic rings. The lowest BCUT2D eigenvalue weighted by Gasteiger charge is -2.39. The van der Waals surface area contributed by atoms with Gasteiger partial charge in [-0.15, -0.1) is 0 Å². The molecule has 0 saturated carbocycles. The minimum atomic E-state index is -0.897. The average Bonchev–Trinajstić information content (AvgIpc) is 3.24. The predicted octanol–water partition coefficient (Wildman–Crippen LogP) is 1.96. The number of hydrogen-bond acceptors (Lipinski definition) is 4. The van der Waals surface area contributed by atoms with E-state index in [2.05, 4.69) is 4.98 Å². The van der Waals surface area contributed by atoms with Crippen molar-refractivity contribution in [2.45, 2.75) is 13.0 Å². The van der Waals surface area contributed by atoms with E-state index in [0.717, 1.165) is 6.07 Å². The molecule has 1 aromatic heterocycles. The van der Waals surface area contributed by atoms with Crippen molar-refractivity contribution in [3.8, 4) is 0 Å². The molecular formula is C23H21FN4O4. The summed E-state index contributed by atoms with van der Waals surface area (Å²) >= 11 is 0. The van der Waals surface area contributed by atoms with Crippen LogP contribution in [-0.2, 0) is 4.79 Å². The van der Waals surface area contributed by atoms with Crippen molar-refractivity contribution in [1.29, 1.82) is 0 Å². The highest BCUT2D eigenvalue weighted by atomic mass is 19.1. The number of aromatic nitrogens is 1. The third-order valence-corrected chi connectivity index (χ3v) is 5.69. The second-order valence-corrected chi connectivity index (χ2v) is 7.71. The van der Waals surface area contributed by atoms with E-state index >= 15 is 0 Å². The fraction of sp³-hybridized carbons (Fsp3) is 0.217. The number of benzene rings is 2. The number of carbonyl (C=O) groups excluding carboxylic acids is 4. The van der Waals surface area contributed by atoms with Gasteiger partial charge in [-0.25, -0.2) is 4.39 Å². The molecule has 1 fully saturated rings. The first-order chi connectivity index (χ1) is 15.3. The largest absolute Gasteiger partial charge is 0.366 e. The fourth-order valence-corrected chi connectivity index (χ4v) is 4.04. The normalized spacial score (nSPS) is 16.2. The maximum atomic E-state index is 14.5. The number of amides is 3. The topological polar surface area (TPSA) is 117 Å². The summed E-state index contributed by atoms with van der Waals surface area (Å²) in [6, 6.07) is 10.7. The Balaban J connectivity index is 1.54. The summed E-state index contributed by atoms with van der Waals surface area (Å²) in [6.45, 7) is 2.45. The van der Waals surface area contributed by atoms with Gasteiger partial charge in [0.25, 0.3) is 23.5 Å². The second kappa shape index (κ2) is 8.26. The first kappa shape index (κ1) is 21.2. The third kappa shape index (κ3) is 3.62. The minimum Gasteiger partial charge on any atom is -0.366 e. The number of primary amides is 1. The summed E-state index contributed by atoms with van der Waals surface area (Å²) < 4.78 is 14.5. The summed E-state index contributed by atoms with van der Waals surface area (Å²) in [5.74, 6) is -3.36. The third-order valence-electron chi connectivity index (χ3n) is 5.69. The Morgan fingerprint density at radius 3 is 2.41 bits per heavy atom. The van der Waals surface area contributed by atoms with Crippen LogP contribution in [0.5, 0.6) is 0 Å². The van der Waals surface area contributed by atoms with Crippen molar-refractivity contribution in [1.82, 2.24) is 14.8 Å². The summed E-state index contributed by atoms with van der Waals surface area (Å²) in [6.07, 6.45) is 1.21. The Labute approximate surface area is 182 Å². The van der Waals surface area contributed by atoms with Crippen LogP contribution in [0.15, 0.2) is 48.7 Å². The van der Waals surface area contributed by atoms with Gasteiger partial charge >= 0.3 is 0 Å². The predicted molar refractivity (Wildman–Crippen MR) is 115 cm³/mol. The molecule has 2 aromatic carbocycles. The molecule has 3 amide bonds. The van der Waals surface area contributed by atoms with Crippen LogP contribution < -0.4 is 5.73 Å². The van der Waals surface area contributed by atoms with Crippen molar-refractivity contribution >= 4 is 34.4 Å². The SMILES string of the molecule is C[C@@H]1CN(C(=O)c2ccccc2)CCN1C(=O)C(=O)c1c[nH]c2c(C(N)=O)ccc(F)c12. The quantitative estimate of drug-likeness (QED) is 0.480. The smallest absolute Gasteiger partial charge is 0.295 e. The molecule has 0 spiro atoms. The monoisotopic (exact) mass is 436 g/mol. The molecule has 4 rings (SSSR count). The van der Waals surface area contributed by atoms with E-state index in [4.69, 9.17) is 5.73 Å². The van der Waals surface area contributed by atoms with E-state index in [9.17, 15) is 23.6 Å². The summed E-state index contributed by atoms with van der Waals surface area (Å²) in [7, 11) is 0. The van der Waals surface area contributed by atoms with Crippen LogP contribution in [-0.4, -0.2) is 64.0 Å². The van der Waals surface area contributed by atoms with Crippen LogP contribution in [0.25, 0.3) is 10.9 Å². The molecule has 3 aromatic rings. The number of fused-ring (bicyclic) bond motifs is 1. The van der Waals surface area contributed by atoms with E-state index in [0.29, 0.717) is 5.56 Å². The Morgan fingerprint density at radius 2 is 1.75 bits per heavy atom. The van der Waals surface area contributed by atoms with Crippen LogP contribution in [0.1, 0.15) is 38.0 Å². The Bertz CT molecular complexity index is 1240. The number of ketones is 1. The van der Waals surface area contributed by atoms with Crippen LogP contribution >= 0.6 is 0 Å². The van der Waals surface area contributed by atoms with Crippen molar-refractivity contribution in [2.24, 2.45) is 5.73 Å². The van der Waals surface area contributed by atoms with E-state index in [1.165, 1.54) is 17.2 Å². The number of nitrogens with two attached hydrogens (primary N) is 1. The molecule has 9 heteroatoms. The molecule has 8 nitrogen and oxygen atoms in total. The zero-order valence-corrected chi connectivity index (χ0v) is 17.3. The van der Waals surface area contributed by atoms with E-state index in [-0.39, 0.29) is 47.6 Å². The number of rotatable bonds is 4. The molecule has 0 unspecified atom stereocenters. The summed E-state index contributed by atoms with van der Waals surface area (Å²) in [5, 5.41) is -0.148. The van der Waals surface area contributed by atoms with Crippen molar-refractivity contribution < 1.29 is 23.6 Å². The van der Waals surface area contributed by atoms with Crippen LogP contribution in [0.4, 0.5) is 4.39 Å². The van der Waals surface area contributed by atoms with Gasteiger partial charge in [0.2, 0.25) is 0 Å². The van der Waals surface area contributed by atoms with Crippen LogP contribution in [0.2, 0.25) is 0 Å². The molecule has 0 bridgehead atoms. The van der Waals surface area contributed by atoms with Crippen molar-refractivity contribution in [2.75, 3.05) is 19.6 Å². The number of H-pyrrole nitrogens is 1. The number of nitrogens with one attached hydrogen (secondary N) is 1. The first-order valence-electron chi connectivity index (χ1n) is 10.1. The van der Waals surface area contributed by atoms with E-state index in [1.807, 2.05) is 6.07 Å². The van der Waals surface area contributed by atoms with Gasteiger partial charge < -0.3 is 20.5 Å². The minimum absolute atomic E-state index is 0.0225. The van der Waals surface area contributed by atoms with Gasteiger partial charge in [-0.05, 0) is 31.2 Å². The van der Waals surface area contributed by atoms with Gasteiger partial charge in [-0.2, -0.15) is 0 Å². The van der Waals surface area contributed by atoms with Gasteiger partial charge in [-0.1, -0.05) is 18.2 Å². The molecule has 1 saturated heterocycles. The molecule has 3 N–H and O–H groups in total. The highest BCUT2D eigenvalue weighted by Gasteiger charge is 2.34. The van der Waals surface area contributed by atoms with Gasteiger partial charge in [0.1, 0.15) is 5.82 Å². The standard InChI is InChI=1S/C23H21FN4O4/c1-13-12-27(22(31)14-5-3-2-4-6-14)9-10-28(13)23(32)20(29)16-11-26-19-15(21(25)30)7-8-17(24)18(16)19/h2-8,11,13,26H,9-10,12H2,1H3,(H2,25,30)/t13-/m1/s1. The Kier molecular flexibility index (Phi) is 5.48. The number of piperazine rings is 1. The summed E-state index contributed by atoms with van der Waals surface area (Å²) in [5.41, 5.74) is 5.79. The van der Waals surface area contributed by atoms with Crippen molar-refractivity contribution in [3.63, 3.8) is 0 Å². The molecule has 0 radical (unpaired) electrons. The number of Topliss-reactive ketones (excluding diaryl/α,β-unsaturated/α-hetero) is 1. The van der Waals surface area contributed by atoms with E-state index in [1.54, 1.807) is 36.1 Å². The molecule has 2 heterocycles. The maximum Gasteiger partial charge on any atom is 0.295 e. The Hall–Kier alpha value is -4.01. The molecule has 164 valence electrons. The number of halogens is 1. The lowest BCUT2D eigenvalue weighted by atomic mass is 10.0. The molecule has 1 aliphatic heterocycles. The van der Waals surface area contributed by atoms with Gasteiger partial charge in [0.15, 0.2) is 0 Å². The van der Waals surface area contributed by atoms with Gasteiger partial charge in [0, 0.05) is 42.8 Å². The van der Waals surface area contributed by atoms with E-state index < -0.39 is 29.5 Å². The zero-order chi connectivity index (χ0) is 23.0. The second-order valence-electron chi connectivity index (χ2n) is 7.71. The zero-order valence-electron chi connectivity index (χ0n) is 17.3. The average molecular weight is 436 g/mol. The van der Waals surface area contributed by atoms with Crippen molar-refractivity contribution in [3.05, 3.63) is 71.2 Å². The summed E-state index contributed by atoms with van der Waals surface area (Å²) in [4.78, 5) is 55.9. The lowest BCUT2D eigenvalue weighted by Crippen LogP contribution is -2.56. The van der Waals surface area contributed by atoms with Crippen LogP contribution in [0.3, 0.4) is 0 Å². The molecule has 1 atom stereocenters. The first-order valence-corrected chi connectivity index (χ1v) is 10.1. The van der Waals surface area contributed by atoms with Gasteiger partial charge in [-0.3, -0.25) is 19.2 Å². The highest BCUT2D eigenvalue weighted by molar-refractivity contribution is 6.45. The molecule has 0 aliphatic carbocycles. The maximum absolute atomic E-state index is 14.5. The number of carbonyl (C=O) groups is 4. The molecular weight excluding hydrogens is 415 g/mol. The van der Waals surface area contributed by atoms with Crippen LogP contribution in [0, 0.1) is 5.82 Å². The van der Waals surface area contributed by atoms with Gasteiger partial charge in [0.05, 0.1) is 16.6 Å². The molecule has 32 heavy (non-hydrogen) atoms. The Morgan fingerprint density at radius 1 is 1.03 bits per heavy atom. The highest BCUT2D eigenvalue weighted by Crippen LogP contribution is 2.26. The number of nitrogens with zero attached hydrogens (tertiary/aromatic N) is 2. The fourth-order valence-electron chi connectivity index (χ4n) is 4.04. The lowest BCUT2D eigenvalue weighted by molar-refractivity contribution is -0.130. The number of aromatic amines is 1.